The molecule has 158 valence electrons. The predicted octanol–water partition coefficient (Wildman–Crippen LogP) is 2.54. The minimum absolute atomic E-state index is 0.143. The molecule has 7 heteroatoms. The molecule has 0 aromatic heterocycles. The van der Waals surface area contributed by atoms with Crippen LogP contribution in [0.2, 0.25) is 0 Å². The summed E-state index contributed by atoms with van der Waals surface area (Å²) < 4.78 is 38.3. The molecule has 1 fully saturated rings. The lowest BCUT2D eigenvalue weighted by molar-refractivity contribution is 0.0254. The maximum atomic E-state index is 14.1. The van der Waals surface area contributed by atoms with Gasteiger partial charge in [-0.2, -0.15) is 0 Å². The number of rotatable bonds is 10. The van der Waals surface area contributed by atoms with E-state index in [-0.39, 0.29) is 6.61 Å². The monoisotopic (exact) mass is 406 g/mol. The molecule has 2 aromatic carbocycles. The fraction of sp³-hybridized carbons (Fsp3) is 0.455. The number of morpholine rings is 1. The van der Waals surface area contributed by atoms with Crippen LogP contribution in [0.3, 0.4) is 0 Å². The topological polar surface area (TPSA) is 45.2 Å². The van der Waals surface area contributed by atoms with Gasteiger partial charge in [0.25, 0.3) is 0 Å². The molecule has 1 heterocycles. The van der Waals surface area contributed by atoms with Crippen LogP contribution in [-0.2, 0) is 11.3 Å². The van der Waals surface area contributed by atoms with E-state index in [2.05, 4.69) is 4.90 Å². The number of benzene rings is 2. The quantitative estimate of drug-likeness (QED) is 0.657. The lowest BCUT2D eigenvalue weighted by Crippen LogP contribution is -2.43. The first-order valence-electron chi connectivity index (χ1n) is 9.92. The number of ether oxygens (including phenoxy) is 2. The van der Waals surface area contributed by atoms with Crippen molar-refractivity contribution in [2.45, 2.75) is 12.6 Å². The Morgan fingerprint density at radius 3 is 2.59 bits per heavy atom. The van der Waals surface area contributed by atoms with E-state index in [4.69, 9.17) is 9.47 Å². The van der Waals surface area contributed by atoms with E-state index < -0.39 is 17.7 Å². The summed E-state index contributed by atoms with van der Waals surface area (Å²) in [5.41, 5.74) is 0.407. The van der Waals surface area contributed by atoms with Crippen molar-refractivity contribution in [3.8, 4) is 5.75 Å². The highest BCUT2D eigenvalue weighted by Gasteiger charge is 2.18. The summed E-state index contributed by atoms with van der Waals surface area (Å²) in [7, 11) is 0. The summed E-state index contributed by atoms with van der Waals surface area (Å²) in [5.74, 6) is -0.477. The Hall–Kier alpha value is -2.06. The van der Waals surface area contributed by atoms with Crippen LogP contribution < -0.4 is 4.74 Å². The number of aliphatic hydroxyl groups is 1. The Morgan fingerprint density at radius 1 is 1.10 bits per heavy atom. The van der Waals surface area contributed by atoms with Gasteiger partial charge in [0.15, 0.2) is 0 Å². The molecule has 29 heavy (non-hydrogen) atoms. The van der Waals surface area contributed by atoms with Gasteiger partial charge in [0.1, 0.15) is 30.1 Å². The summed E-state index contributed by atoms with van der Waals surface area (Å²) in [5, 5.41) is 10.5. The summed E-state index contributed by atoms with van der Waals surface area (Å²) in [4.78, 5) is 4.26. The molecular formula is C22H28F2N2O3. The highest BCUT2D eigenvalue weighted by Crippen LogP contribution is 2.14. The number of halogens is 2. The lowest BCUT2D eigenvalue weighted by Gasteiger charge is -2.31. The molecule has 0 bridgehead atoms. The SMILES string of the molecule is O[C@H](COc1ccccc1)CN(CCN1CCOCC1)Cc1ccc(F)cc1F. The molecule has 1 aliphatic heterocycles. The van der Waals surface area contributed by atoms with Gasteiger partial charge in [0, 0.05) is 50.9 Å². The molecule has 3 rings (SSSR count). The van der Waals surface area contributed by atoms with Gasteiger partial charge in [0.2, 0.25) is 0 Å². The van der Waals surface area contributed by atoms with E-state index in [0.29, 0.717) is 44.2 Å². The Labute approximate surface area is 170 Å². The third-order valence-electron chi connectivity index (χ3n) is 4.90. The van der Waals surface area contributed by atoms with Crippen molar-refractivity contribution in [1.29, 1.82) is 0 Å². The van der Waals surface area contributed by atoms with Crippen LogP contribution in [0.25, 0.3) is 0 Å². The van der Waals surface area contributed by atoms with Crippen molar-refractivity contribution in [3.63, 3.8) is 0 Å². The van der Waals surface area contributed by atoms with Gasteiger partial charge in [-0.05, 0) is 18.2 Å². The van der Waals surface area contributed by atoms with E-state index in [1.807, 2.05) is 35.2 Å². The molecule has 0 amide bonds. The van der Waals surface area contributed by atoms with Crippen molar-refractivity contribution in [1.82, 2.24) is 9.80 Å². The highest BCUT2D eigenvalue weighted by molar-refractivity contribution is 5.21. The fourth-order valence-electron chi connectivity index (χ4n) is 3.29. The molecule has 0 aliphatic carbocycles. The zero-order valence-corrected chi connectivity index (χ0v) is 16.5. The number of hydrogen-bond donors (Lipinski definition) is 1. The number of para-hydroxylation sites is 1. The van der Waals surface area contributed by atoms with Gasteiger partial charge in [0.05, 0.1) is 13.2 Å². The number of nitrogens with zero attached hydrogens (tertiary/aromatic N) is 2. The van der Waals surface area contributed by atoms with Gasteiger partial charge in [-0.3, -0.25) is 9.80 Å². The van der Waals surface area contributed by atoms with E-state index in [0.717, 1.165) is 25.7 Å². The minimum Gasteiger partial charge on any atom is -0.491 e. The van der Waals surface area contributed by atoms with Crippen LogP contribution in [0, 0.1) is 11.6 Å². The first kappa shape index (κ1) is 21.6. The molecule has 1 aliphatic rings. The second-order valence-electron chi connectivity index (χ2n) is 7.20. The molecular weight excluding hydrogens is 378 g/mol. The zero-order valence-electron chi connectivity index (χ0n) is 16.5. The van der Waals surface area contributed by atoms with Crippen molar-refractivity contribution in [2.24, 2.45) is 0 Å². The van der Waals surface area contributed by atoms with Gasteiger partial charge >= 0.3 is 0 Å². The van der Waals surface area contributed by atoms with Crippen LogP contribution in [-0.4, -0.2) is 73.6 Å². The van der Waals surface area contributed by atoms with Crippen LogP contribution >= 0.6 is 0 Å². The van der Waals surface area contributed by atoms with Crippen molar-refractivity contribution < 1.29 is 23.4 Å². The van der Waals surface area contributed by atoms with E-state index in [1.54, 1.807) is 0 Å². The summed E-state index contributed by atoms with van der Waals surface area (Å²) >= 11 is 0. The first-order valence-corrected chi connectivity index (χ1v) is 9.92. The lowest BCUT2D eigenvalue weighted by atomic mass is 10.2. The maximum absolute atomic E-state index is 14.1. The first-order chi connectivity index (χ1) is 14.1. The largest absolute Gasteiger partial charge is 0.491 e. The fourth-order valence-corrected chi connectivity index (χ4v) is 3.29. The van der Waals surface area contributed by atoms with Gasteiger partial charge in [-0.1, -0.05) is 24.3 Å². The number of hydrogen-bond acceptors (Lipinski definition) is 5. The van der Waals surface area contributed by atoms with Gasteiger partial charge in [-0.25, -0.2) is 8.78 Å². The Kier molecular flexibility index (Phi) is 8.37. The van der Waals surface area contributed by atoms with Crippen LogP contribution in [0.4, 0.5) is 8.78 Å². The average Bonchev–Trinajstić information content (AvgIpc) is 2.74. The van der Waals surface area contributed by atoms with Crippen LogP contribution in [0.5, 0.6) is 5.75 Å². The van der Waals surface area contributed by atoms with Crippen LogP contribution in [0.1, 0.15) is 5.56 Å². The van der Waals surface area contributed by atoms with Crippen LogP contribution in [0.15, 0.2) is 48.5 Å². The minimum atomic E-state index is -0.733. The molecule has 5 nitrogen and oxygen atoms in total. The molecule has 2 aromatic rings. The average molecular weight is 406 g/mol. The normalized spacial score (nSPS) is 16.1. The molecule has 1 saturated heterocycles. The third kappa shape index (κ3) is 7.36. The Bertz CT molecular complexity index is 742. The van der Waals surface area contributed by atoms with Crippen molar-refractivity contribution in [3.05, 3.63) is 65.7 Å². The summed E-state index contributed by atoms with van der Waals surface area (Å²) in [6.07, 6.45) is -0.733. The Balaban J connectivity index is 1.57. The summed E-state index contributed by atoms with van der Waals surface area (Å²) in [6, 6.07) is 12.9. The standard InChI is InChI=1S/C22H28F2N2O3/c23-19-7-6-18(22(24)14-19)15-26(9-8-25-10-12-28-13-11-25)16-20(27)17-29-21-4-2-1-3-5-21/h1-7,14,20,27H,8-13,15-17H2/t20-/m0/s1. The molecule has 0 saturated carbocycles. The van der Waals surface area contributed by atoms with E-state index in [9.17, 15) is 13.9 Å². The summed E-state index contributed by atoms with van der Waals surface area (Å²) in [6.45, 7) is 5.34. The van der Waals surface area contributed by atoms with E-state index in [1.165, 1.54) is 12.1 Å². The molecule has 1 N–H and O–H groups in total. The number of aliphatic hydroxyl groups excluding tert-OH is 1. The van der Waals surface area contributed by atoms with E-state index >= 15 is 0 Å². The predicted molar refractivity (Wildman–Crippen MR) is 107 cm³/mol. The van der Waals surface area contributed by atoms with Gasteiger partial charge in [-0.15, -0.1) is 0 Å². The third-order valence-corrected chi connectivity index (χ3v) is 4.90. The van der Waals surface area contributed by atoms with Crippen molar-refractivity contribution in [2.75, 3.05) is 52.5 Å². The second-order valence-corrected chi connectivity index (χ2v) is 7.20. The zero-order chi connectivity index (χ0) is 20.5. The van der Waals surface area contributed by atoms with Gasteiger partial charge < -0.3 is 14.6 Å². The highest BCUT2D eigenvalue weighted by atomic mass is 19.1. The molecule has 0 spiro atoms. The smallest absolute Gasteiger partial charge is 0.130 e. The Morgan fingerprint density at radius 2 is 1.86 bits per heavy atom. The van der Waals surface area contributed by atoms with Crippen molar-refractivity contribution >= 4 is 0 Å². The molecule has 1 atom stereocenters. The maximum Gasteiger partial charge on any atom is 0.130 e. The molecule has 0 radical (unpaired) electrons. The second kappa shape index (κ2) is 11.2. The molecule has 0 unspecified atom stereocenters.